The van der Waals surface area contributed by atoms with E-state index in [1.54, 1.807) is 18.2 Å². The Bertz CT molecular complexity index is 1230. The van der Waals surface area contributed by atoms with Gasteiger partial charge in [0.05, 0.1) is 23.1 Å². The maximum atomic E-state index is 15.0. The van der Waals surface area contributed by atoms with Gasteiger partial charge in [0.25, 0.3) is 0 Å². The van der Waals surface area contributed by atoms with Crippen LogP contribution in [0.1, 0.15) is 16.7 Å². The minimum absolute atomic E-state index is 0.00106. The number of nitrogens with one attached hydrogen (secondary N) is 2. The molecule has 9 heteroatoms. The van der Waals surface area contributed by atoms with Crippen molar-refractivity contribution in [2.45, 2.75) is 6.42 Å². The summed E-state index contributed by atoms with van der Waals surface area (Å²) >= 11 is 17.9. The topological polar surface area (TPSA) is 89.9 Å². The smallest absolute Gasteiger partial charge is 0.220 e. The number of ether oxygens (including phenoxy) is 2. The summed E-state index contributed by atoms with van der Waals surface area (Å²) < 4.78 is 25.8. The van der Waals surface area contributed by atoms with E-state index in [9.17, 15) is 0 Å². The third-order valence-corrected chi connectivity index (χ3v) is 4.76. The predicted molar refractivity (Wildman–Crippen MR) is 118 cm³/mol. The van der Waals surface area contributed by atoms with E-state index < -0.39 is 5.82 Å². The van der Waals surface area contributed by atoms with Gasteiger partial charge < -0.3 is 9.47 Å². The minimum Gasteiger partial charge on any atom is -0.453 e. The first-order chi connectivity index (χ1) is 14.8. The molecule has 0 atom stereocenters. The summed E-state index contributed by atoms with van der Waals surface area (Å²) in [5, 5.41) is 25.7. The molecule has 2 N–H and O–H groups in total. The summed E-state index contributed by atoms with van der Waals surface area (Å²) in [7, 11) is 0. The van der Waals surface area contributed by atoms with Crippen molar-refractivity contribution >= 4 is 46.6 Å². The van der Waals surface area contributed by atoms with Gasteiger partial charge in [-0.15, -0.1) is 0 Å². The molecule has 0 radical (unpaired) electrons. The van der Waals surface area contributed by atoms with Gasteiger partial charge in [0, 0.05) is 21.2 Å². The Labute approximate surface area is 192 Å². The predicted octanol–water partition coefficient (Wildman–Crippen LogP) is 7.01. The van der Waals surface area contributed by atoms with Crippen LogP contribution in [0.2, 0.25) is 15.1 Å². The van der Waals surface area contributed by atoms with Gasteiger partial charge in [0.1, 0.15) is 5.75 Å². The van der Waals surface area contributed by atoms with Crippen molar-refractivity contribution in [1.29, 1.82) is 16.1 Å². The van der Waals surface area contributed by atoms with Gasteiger partial charge in [-0.25, -0.2) is 4.39 Å². The van der Waals surface area contributed by atoms with Crippen LogP contribution >= 0.6 is 34.8 Å². The Hall–Kier alpha value is -3.11. The zero-order valence-corrected chi connectivity index (χ0v) is 17.9. The molecule has 0 aliphatic heterocycles. The number of halogens is 4. The molecule has 0 spiro atoms. The van der Waals surface area contributed by atoms with Crippen molar-refractivity contribution in [2.75, 3.05) is 0 Å². The van der Waals surface area contributed by atoms with E-state index in [4.69, 9.17) is 60.4 Å². The van der Waals surface area contributed by atoms with Crippen LogP contribution in [-0.4, -0.2) is 11.8 Å². The highest BCUT2D eigenvalue weighted by Crippen LogP contribution is 2.35. The fourth-order valence-electron chi connectivity index (χ4n) is 2.63. The van der Waals surface area contributed by atoms with Crippen LogP contribution < -0.4 is 4.74 Å². The van der Waals surface area contributed by atoms with Crippen molar-refractivity contribution in [3.05, 3.63) is 92.2 Å². The van der Waals surface area contributed by atoms with Gasteiger partial charge in [0.2, 0.25) is 5.90 Å². The summed E-state index contributed by atoms with van der Waals surface area (Å²) in [4.78, 5) is 0. The first-order valence-corrected chi connectivity index (χ1v) is 9.85. The highest BCUT2D eigenvalue weighted by molar-refractivity contribution is 6.32. The Kier molecular flexibility index (Phi) is 7.13. The highest BCUT2D eigenvalue weighted by Gasteiger charge is 2.18. The second-order valence-corrected chi connectivity index (χ2v) is 7.56. The molecule has 3 rings (SSSR count). The van der Waals surface area contributed by atoms with E-state index in [-0.39, 0.29) is 50.9 Å². The molecular weight excluding hydrogens is 464 g/mol. The number of benzene rings is 3. The molecule has 0 aromatic heterocycles. The maximum Gasteiger partial charge on any atom is 0.220 e. The van der Waals surface area contributed by atoms with Crippen molar-refractivity contribution in [3.63, 3.8) is 0 Å². The number of hydrogen-bond donors (Lipinski definition) is 2. The zero-order valence-electron chi connectivity index (χ0n) is 15.7. The molecule has 5 nitrogen and oxygen atoms in total. The van der Waals surface area contributed by atoms with Crippen LogP contribution in [0, 0.1) is 28.0 Å². The van der Waals surface area contributed by atoms with Crippen LogP contribution in [0.25, 0.3) is 0 Å². The quantitative estimate of drug-likeness (QED) is 0.306. The van der Waals surface area contributed by atoms with Crippen LogP contribution in [0.4, 0.5) is 4.39 Å². The molecule has 0 aliphatic rings. The fourth-order valence-corrected chi connectivity index (χ4v) is 3.23. The summed E-state index contributed by atoms with van der Waals surface area (Å²) in [6, 6.07) is 15.4. The molecule has 3 aromatic rings. The molecular formula is C22H13Cl3FN3O2. The lowest BCUT2D eigenvalue weighted by Crippen LogP contribution is -2.15. The first kappa shape index (κ1) is 22.6. The van der Waals surface area contributed by atoms with Crippen LogP contribution in [0.3, 0.4) is 0 Å². The third kappa shape index (κ3) is 5.74. The van der Waals surface area contributed by atoms with Crippen molar-refractivity contribution < 1.29 is 13.9 Å². The average Bonchev–Trinajstić information content (AvgIpc) is 2.72. The zero-order chi connectivity index (χ0) is 22.5. The van der Waals surface area contributed by atoms with E-state index in [0.29, 0.717) is 10.6 Å². The van der Waals surface area contributed by atoms with Crippen molar-refractivity contribution in [3.8, 4) is 17.6 Å². The normalized spacial score (nSPS) is 10.3. The monoisotopic (exact) mass is 475 g/mol. The third-order valence-electron chi connectivity index (χ3n) is 4.01. The second kappa shape index (κ2) is 9.80. The molecule has 0 bridgehead atoms. The van der Waals surface area contributed by atoms with E-state index in [1.807, 2.05) is 6.07 Å². The Balaban J connectivity index is 1.79. The molecule has 156 valence electrons. The van der Waals surface area contributed by atoms with Gasteiger partial charge in [-0.3, -0.25) is 10.8 Å². The molecule has 3 aromatic carbocycles. The lowest BCUT2D eigenvalue weighted by Gasteiger charge is -2.13. The fraction of sp³-hybridized carbons (Fsp3) is 0.0455. The minimum atomic E-state index is -0.798. The number of nitriles is 1. The lowest BCUT2D eigenvalue weighted by molar-refractivity contribution is 0.438. The highest BCUT2D eigenvalue weighted by atomic mass is 35.5. The molecule has 0 fully saturated rings. The molecule has 0 amide bonds. The number of rotatable bonds is 5. The van der Waals surface area contributed by atoms with Crippen LogP contribution in [-0.2, 0) is 11.2 Å². The van der Waals surface area contributed by atoms with E-state index in [1.165, 1.54) is 36.4 Å². The van der Waals surface area contributed by atoms with Crippen LogP contribution in [0.5, 0.6) is 11.5 Å². The average molecular weight is 477 g/mol. The molecule has 0 saturated heterocycles. The molecule has 0 saturated carbocycles. The Morgan fingerprint density at radius 2 is 1.77 bits per heavy atom. The Morgan fingerprint density at radius 3 is 2.48 bits per heavy atom. The Morgan fingerprint density at radius 1 is 1.00 bits per heavy atom. The van der Waals surface area contributed by atoms with Gasteiger partial charge in [-0.05, 0) is 42.5 Å². The first-order valence-electron chi connectivity index (χ1n) is 8.72. The van der Waals surface area contributed by atoms with Gasteiger partial charge >= 0.3 is 0 Å². The molecule has 0 aliphatic carbocycles. The number of hydrogen-bond acceptors (Lipinski definition) is 5. The second-order valence-electron chi connectivity index (χ2n) is 6.28. The van der Waals surface area contributed by atoms with Gasteiger partial charge in [-0.1, -0.05) is 46.9 Å². The standard InChI is InChI=1S/C22H13Cl3FN3O2/c23-15-3-1-2-14(8-15)22(29)31-19(28)9-13-4-5-18(25)21(20(13)26)30-17-7-12(11-27)6-16(24)10-17/h1-8,10,28-29H,9H2. The summed E-state index contributed by atoms with van der Waals surface area (Å²) in [5.74, 6) is -1.58. The summed E-state index contributed by atoms with van der Waals surface area (Å²) in [5.41, 5.74) is 0.697. The SMILES string of the molecule is N#Cc1cc(Cl)cc(Oc2c(Cl)ccc(CC(=N)OC(=N)c3cccc(Cl)c3)c2F)c1. The van der Waals surface area contributed by atoms with E-state index in [2.05, 4.69) is 0 Å². The van der Waals surface area contributed by atoms with Crippen molar-refractivity contribution in [1.82, 2.24) is 0 Å². The van der Waals surface area contributed by atoms with Gasteiger partial charge in [-0.2, -0.15) is 5.26 Å². The van der Waals surface area contributed by atoms with Gasteiger partial charge in [0.15, 0.2) is 17.5 Å². The molecule has 0 unspecified atom stereocenters. The van der Waals surface area contributed by atoms with E-state index >= 15 is 4.39 Å². The van der Waals surface area contributed by atoms with E-state index in [0.717, 1.165) is 0 Å². The summed E-state index contributed by atoms with van der Waals surface area (Å²) in [6.07, 6.45) is -0.249. The number of nitrogens with zero attached hydrogens (tertiary/aromatic N) is 1. The van der Waals surface area contributed by atoms with Crippen LogP contribution in [0.15, 0.2) is 54.6 Å². The lowest BCUT2D eigenvalue weighted by atomic mass is 10.1. The summed E-state index contributed by atoms with van der Waals surface area (Å²) in [6.45, 7) is 0. The maximum absolute atomic E-state index is 15.0. The molecule has 31 heavy (non-hydrogen) atoms. The van der Waals surface area contributed by atoms with Crippen molar-refractivity contribution in [2.24, 2.45) is 0 Å². The largest absolute Gasteiger partial charge is 0.453 e. The molecule has 0 heterocycles.